The van der Waals surface area contributed by atoms with Gasteiger partial charge < -0.3 is 18.9 Å². The highest BCUT2D eigenvalue weighted by atomic mass is 16.6. The minimum absolute atomic E-state index is 0.0206. The van der Waals surface area contributed by atoms with Crippen molar-refractivity contribution in [2.24, 2.45) is 5.92 Å². The van der Waals surface area contributed by atoms with Gasteiger partial charge in [0, 0.05) is 30.6 Å². The summed E-state index contributed by atoms with van der Waals surface area (Å²) in [7, 11) is 0. The van der Waals surface area contributed by atoms with Gasteiger partial charge in [0.2, 0.25) is 5.78 Å². The van der Waals surface area contributed by atoms with Crippen LogP contribution in [0.3, 0.4) is 0 Å². The van der Waals surface area contributed by atoms with Gasteiger partial charge in [-0.2, -0.15) is 0 Å². The lowest BCUT2D eigenvalue weighted by molar-refractivity contribution is -0.153. The van der Waals surface area contributed by atoms with Gasteiger partial charge in [-0.15, -0.1) is 0 Å². The summed E-state index contributed by atoms with van der Waals surface area (Å²) < 4.78 is 21.8. The van der Waals surface area contributed by atoms with Gasteiger partial charge in [0.05, 0.1) is 5.92 Å². The number of esters is 3. The van der Waals surface area contributed by atoms with Crippen LogP contribution in [-0.4, -0.2) is 48.1 Å². The first-order valence-corrected chi connectivity index (χ1v) is 9.56. The van der Waals surface area contributed by atoms with Crippen LogP contribution in [0.4, 0.5) is 0 Å². The zero-order valence-electron chi connectivity index (χ0n) is 17.4. The molecule has 0 aromatic carbocycles. The highest BCUT2D eigenvalue weighted by Gasteiger charge is 2.51. The van der Waals surface area contributed by atoms with Crippen LogP contribution in [0, 0.1) is 5.92 Å². The number of carbonyl (C=O) groups excluding carboxylic acids is 4. The molecule has 3 aliphatic rings. The van der Waals surface area contributed by atoms with Crippen molar-refractivity contribution in [1.82, 2.24) is 0 Å². The van der Waals surface area contributed by atoms with E-state index in [9.17, 15) is 19.2 Å². The van der Waals surface area contributed by atoms with E-state index in [4.69, 9.17) is 18.9 Å². The van der Waals surface area contributed by atoms with E-state index in [2.05, 4.69) is 6.58 Å². The van der Waals surface area contributed by atoms with Gasteiger partial charge in [0.25, 0.3) is 0 Å². The monoisotopic (exact) mass is 416 g/mol. The number of allylic oxidation sites excluding steroid dienone is 1. The predicted octanol–water partition coefficient (Wildman–Crippen LogP) is 2.10. The predicted molar refractivity (Wildman–Crippen MR) is 104 cm³/mol. The molecule has 3 rings (SSSR count). The molecule has 3 heterocycles. The smallest absolute Gasteiger partial charge is 0.334 e. The Balaban J connectivity index is 1.91. The van der Waals surface area contributed by atoms with Gasteiger partial charge >= 0.3 is 17.9 Å². The van der Waals surface area contributed by atoms with E-state index < -0.39 is 41.6 Å². The van der Waals surface area contributed by atoms with Crippen molar-refractivity contribution < 1.29 is 38.1 Å². The molecule has 0 unspecified atom stereocenters. The molecular weight excluding hydrogens is 392 g/mol. The molecule has 0 saturated carbocycles. The van der Waals surface area contributed by atoms with E-state index in [0.717, 1.165) is 0 Å². The summed E-state index contributed by atoms with van der Waals surface area (Å²) in [5.74, 6) is -2.22. The normalized spacial score (nSPS) is 32.5. The zero-order valence-corrected chi connectivity index (χ0v) is 17.4. The van der Waals surface area contributed by atoms with Crippen LogP contribution in [0.2, 0.25) is 0 Å². The molecule has 0 aromatic heterocycles. The maximum atomic E-state index is 12.7. The van der Waals surface area contributed by atoms with Crippen molar-refractivity contribution in [1.29, 1.82) is 0 Å². The topological polar surface area (TPSA) is 105 Å². The quantitative estimate of drug-likeness (QED) is 0.390. The van der Waals surface area contributed by atoms with Crippen molar-refractivity contribution in [3.63, 3.8) is 0 Å². The molecular formula is C22H24O8. The molecule has 0 radical (unpaired) electrons. The van der Waals surface area contributed by atoms with Crippen LogP contribution in [0.1, 0.15) is 34.1 Å². The molecule has 8 heteroatoms. The van der Waals surface area contributed by atoms with E-state index in [1.807, 2.05) is 0 Å². The van der Waals surface area contributed by atoms with Crippen LogP contribution in [0.5, 0.6) is 0 Å². The summed E-state index contributed by atoms with van der Waals surface area (Å²) >= 11 is 0. The van der Waals surface area contributed by atoms with Crippen LogP contribution >= 0.6 is 0 Å². The third kappa shape index (κ3) is 4.08. The lowest BCUT2D eigenvalue weighted by Crippen LogP contribution is -2.42. The Morgan fingerprint density at radius 3 is 2.70 bits per heavy atom. The molecule has 1 fully saturated rings. The average molecular weight is 416 g/mol. The van der Waals surface area contributed by atoms with Crippen molar-refractivity contribution in [2.75, 3.05) is 6.61 Å². The fourth-order valence-corrected chi connectivity index (χ4v) is 3.66. The second-order valence-electron chi connectivity index (χ2n) is 7.81. The minimum Gasteiger partial charge on any atom is -0.479 e. The van der Waals surface area contributed by atoms with Gasteiger partial charge in [-0.3, -0.25) is 9.59 Å². The third-order valence-corrected chi connectivity index (χ3v) is 5.43. The van der Waals surface area contributed by atoms with Crippen LogP contribution in [0.15, 0.2) is 47.3 Å². The Morgan fingerprint density at radius 1 is 1.33 bits per heavy atom. The van der Waals surface area contributed by atoms with E-state index in [1.54, 1.807) is 19.9 Å². The second-order valence-corrected chi connectivity index (χ2v) is 7.81. The summed E-state index contributed by atoms with van der Waals surface area (Å²) in [6.45, 7) is 9.90. The number of rotatable bonds is 4. The molecule has 4 atom stereocenters. The van der Waals surface area contributed by atoms with Gasteiger partial charge in [0.15, 0.2) is 5.60 Å². The molecule has 0 amide bonds. The molecule has 160 valence electrons. The number of carbonyl (C=O) groups is 4. The summed E-state index contributed by atoms with van der Waals surface area (Å²) in [6.07, 6.45) is 2.93. The minimum atomic E-state index is -1.24. The molecule has 0 spiro atoms. The Labute approximate surface area is 174 Å². The molecule has 1 saturated heterocycles. The highest BCUT2D eigenvalue weighted by Crippen LogP contribution is 2.42. The Bertz CT molecular complexity index is 921. The fraction of sp³-hybridized carbons (Fsp3) is 0.455. The molecule has 3 aliphatic heterocycles. The molecule has 8 nitrogen and oxygen atoms in total. The molecule has 0 aromatic rings. The third-order valence-electron chi connectivity index (χ3n) is 5.43. The van der Waals surface area contributed by atoms with Gasteiger partial charge in [-0.1, -0.05) is 6.58 Å². The first kappa shape index (κ1) is 21.5. The highest BCUT2D eigenvalue weighted by molar-refractivity contribution is 6.00. The lowest BCUT2D eigenvalue weighted by Gasteiger charge is -2.31. The zero-order chi connectivity index (χ0) is 22.2. The summed E-state index contributed by atoms with van der Waals surface area (Å²) in [6, 6.07) is 0. The van der Waals surface area contributed by atoms with Crippen LogP contribution in [0.25, 0.3) is 0 Å². The van der Waals surface area contributed by atoms with E-state index in [1.165, 1.54) is 26.0 Å². The van der Waals surface area contributed by atoms with Gasteiger partial charge in [-0.05, 0) is 38.5 Å². The standard InChI is InChI=1S/C22H24O8/c1-11(6-7-27-14(4)23)20(25)29-17-10-22(5)18(24)9-15(30-22)12(2)8-16-19(17)13(3)21(26)28-16/h6,8-9,16-17,19H,3,7,10H2,1-2,4-5H3/b11-6+,12-8-/t16-,17+,19-,22+/m0/s1. The number of hydrogen-bond acceptors (Lipinski definition) is 8. The molecule has 0 N–H and O–H groups in total. The first-order valence-electron chi connectivity index (χ1n) is 9.56. The van der Waals surface area contributed by atoms with Gasteiger partial charge in [0.1, 0.15) is 24.6 Å². The SMILES string of the molecule is C=C1C(=O)O[C@H]2/C=C(/C)C3=CC(=O)[C@@](C)(C[C@@H](OC(=O)/C(C)=C/COC(C)=O)[C@@H]12)O3. The Kier molecular flexibility index (Phi) is 5.70. The van der Waals surface area contributed by atoms with Crippen LogP contribution < -0.4 is 0 Å². The number of hydrogen-bond donors (Lipinski definition) is 0. The van der Waals surface area contributed by atoms with Gasteiger partial charge in [-0.25, -0.2) is 9.59 Å². The first-order chi connectivity index (χ1) is 14.0. The van der Waals surface area contributed by atoms with E-state index in [0.29, 0.717) is 11.3 Å². The summed E-state index contributed by atoms with van der Waals surface area (Å²) in [5, 5.41) is 0. The number of fused-ring (bicyclic) bond motifs is 3. The fourth-order valence-electron chi connectivity index (χ4n) is 3.66. The van der Waals surface area contributed by atoms with E-state index in [-0.39, 0.29) is 30.0 Å². The largest absolute Gasteiger partial charge is 0.479 e. The number of ether oxygens (including phenoxy) is 4. The molecule has 2 bridgehead atoms. The van der Waals surface area contributed by atoms with Crippen LogP contribution in [-0.2, 0) is 38.1 Å². The maximum absolute atomic E-state index is 12.7. The molecule has 30 heavy (non-hydrogen) atoms. The second kappa shape index (κ2) is 7.93. The Hall–Kier alpha value is -3.16. The molecule has 0 aliphatic carbocycles. The average Bonchev–Trinajstić information content (AvgIpc) is 3.10. The summed E-state index contributed by atoms with van der Waals surface area (Å²) in [5.41, 5.74) is -0.205. The number of ketones is 1. The van der Waals surface area contributed by atoms with Crippen molar-refractivity contribution in [3.8, 4) is 0 Å². The van der Waals surface area contributed by atoms with Crippen molar-refractivity contribution in [2.45, 2.75) is 51.9 Å². The van der Waals surface area contributed by atoms with E-state index >= 15 is 0 Å². The summed E-state index contributed by atoms with van der Waals surface area (Å²) in [4.78, 5) is 48.3. The van der Waals surface area contributed by atoms with Crippen molar-refractivity contribution >= 4 is 23.7 Å². The Morgan fingerprint density at radius 2 is 2.03 bits per heavy atom. The lowest BCUT2D eigenvalue weighted by atomic mass is 9.82. The van der Waals surface area contributed by atoms with Crippen molar-refractivity contribution in [3.05, 3.63) is 47.3 Å². The maximum Gasteiger partial charge on any atom is 0.334 e.